The maximum absolute atomic E-state index is 12.3. The summed E-state index contributed by atoms with van der Waals surface area (Å²) in [5.41, 5.74) is 4.35. The van der Waals surface area contributed by atoms with Crippen molar-refractivity contribution in [1.82, 2.24) is 5.32 Å². The second-order valence-corrected chi connectivity index (χ2v) is 7.95. The summed E-state index contributed by atoms with van der Waals surface area (Å²) in [5.74, 6) is -1.38. The van der Waals surface area contributed by atoms with Crippen molar-refractivity contribution in [1.29, 1.82) is 0 Å². The van der Waals surface area contributed by atoms with Crippen LogP contribution < -0.4 is 10.1 Å². The van der Waals surface area contributed by atoms with E-state index in [0.29, 0.717) is 0 Å². The highest BCUT2D eigenvalue weighted by Crippen LogP contribution is 2.44. The van der Waals surface area contributed by atoms with Gasteiger partial charge in [0.1, 0.15) is 30.1 Å². The summed E-state index contributed by atoms with van der Waals surface area (Å²) in [6.07, 6.45) is -3.64. The Kier molecular flexibility index (Phi) is 6.81. The first-order chi connectivity index (χ1) is 16.4. The lowest BCUT2D eigenvalue weighted by molar-refractivity contribution is 0.0171. The molecule has 3 aromatic carbocycles. The molecule has 0 aromatic heterocycles. The molecule has 4 N–H and O–H groups in total. The summed E-state index contributed by atoms with van der Waals surface area (Å²) < 4.78 is 10.5. The molecular weight excluding hydrogens is 438 g/mol. The van der Waals surface area contributed by atoms with Crippen LogP contribution in [0.15, 0.2) is 66.7 Å². The summed E-state index contributed by atoms with van der Waals surface area (Å²) in [6.45, 7) is -0.189. The van der Waals surface area contributed by atoms with E-state index in [2.05, 4.69) is 5.32 Å². The van der Waals surface area contributed by atoms with Gasteiger partial charge in [0, 0.05) is 18.0 Å². The predicted octanol–water partition coefficient (Wildman–Crippen LogP) is 3.33. The van der Waals surface area contributed by atoms with Crippen LogP contribution in [-0.4, -0.2) is 53.7 Å². The van der Waals surface area contributed by atoms with Crippen LogP contribution in [0.4, 0.5) is 4.79 Å². The van der Waals surface area contributed by atoms with Gasteiger partial charge in [0.15, 0.2) is 0 Å². The van der Waals surface area contributed by atoms with E-state index in [1.54, 1.807) is 0 Å². The number of methoxy groups -OCH3 is 1. The number of benzene rings is 3. The minimum Gasteiger partial charge on any atom is -0.495 e. The molecule has 3 aromatic rings. The molecule has 2 atom stereocenters. The number of alkyl carbamates (subject to hydrolysis) is 1. The number of carboxylic acids is 1. The Morgan fingerprint density at radius 3 is 2.15 bits per heavy atom. The van der Waals surface area contributed by atoms with Crippen LogP contribution in [0.1, 0.15) is 39.1 Å². The molecule has 0 saturated heterocycles. The maximum Gasteiger partial charge on any atom is 0.407 e. The van der Waals surface area contributed by atoms with Crippen molar-refractivity contribution >= 4 is 12.1 Å². The van der Waals surface area contributed by atoms with Crippen molar-refractivity contribution in [3.05, 3.63) is 89.0 Å². The quantitative estimate of drug-likeness (QED) is 0.404. The Morgan fingerprint density at radius 2 is 1.56 bits per heavy atom. The normalized spacial score (nSPS) is 14.0. The molecular formula is C26H25NO7. The van der Waals surface area contributed by atoms with Crippen molar-refractivity contribution < 1.29 is 34.4 Å². The molecule has 0 fully saturated rings. The van der Waals surface area contributed by atoms with E-state index in [1.165, 1.54) is 25.3 Å². The van der Waals surface area contributed by atoms with Gasteiger partial charge < -0.3 is 30.1 Å². The van der Waals surface area contributed by atoms with Gasteiger partial charge in [-0.2, -0.15) is 0 Å². The minimum atomic E-state index is -1.48. The molecule has 8 heteroatoms. The number of nitrogens with one attached hydrogen (secondary N) is 1. The number of carbonyl (C=O) groups is 2. The molecule has 176 valence electrons. The predicted molar refractivity (Wildman–Crippen MR) is 124 cm³/mol. The zero-order valence-corrected chi connectivity index (χ0v) is 18.5. The summed E-state index contributed by atoms with van der Waals surface area (Å²) in [6, 6.07) is 20.2. The van der Waals surface area contributed by atoms with Gasteiger partial charge in [-0.05, 0) is 28.3 Å². The third-order valence-corrected chi connectivity index (χ3v) is 5.96. The van der Waals surface area contributed by atoms with Gasteiger partial charge in [-0.1, -0.05) is 60.7 Å². The third kappa shape index (κ3) is 4.46. The smallest absolute Gasteiger partial charge is 0.407 e. The lowest BCUT2D eigenvalue weighted by Gasteiger charge is -2.21. The molecule has 34 heavy (non-hydrogen) atoms. The molecule has 0 heterocycles. The van der Waals surface area contributed by atoms with Crippen molar-refractivity contribution in [2.75, 3.05) is 20.3 Å². The standard InChI is InChI=1S/C26H25NO7/c1-33-24-19(11-6-12-20(24)25(30)31)23(29)22(28)13-27-26(32)34-14-21-17-9-4-2-7-15(17)16-8-3-5-10-18(16)21/h2-12,21-23,28-29H,13-14H2,1H3,(H,27,32)(H,30,31). The Morgan fingerprint density at radius 1 is 0.941 bits per heavy atom. The first kappa shape index (κ1) is 23.3. The minimum absolute atomic E-state index is 0.0531. The number of ether oxygens (including phenoxy) is 2. The maximum atomic E-state index is 12.3. The van der Waals surface area contributed by atoms with Gasteiger partial charge in [-0.25, -0.2) is 9.59 Å². The number of aliphatic hydroxyl groups is 2. The van der Waals surface area contributed by atoms with Crippen molar-refractivity contribution in [2.45, 2.75) is 18.1 Å². The van der Waals surface area contributed by atoms with Gasteiger partial charge in [0.25, 0.3) is 0 Å². The second kappa shape index (κ2) is 9.94. The largest absolute Gasteiger partial charge is 0.495 e. The van der Waals surface area contributed by atoms with Crippen LogP contribution in [0.2, 0.25) is 0 Å². The molecule has 0 bridgehead atoms. The number of aliphatic hydroxyl groups excluding tert-OH is 2. The number of carboxylic acid groups (broad SMARTS) is 1. The molecule has 2 unspecified atom stereocenters. The van der Waals surface area contributed by atoms with E-state index in [-0.39, 0.29) is 35.9 Å². The van der Waals surface area contributed by atoms with E-state index >= 15 is 0 Å². The zero-order valence-electron chi connectivity index (χ0n) is 18.5. The van der Waals surface area contributed by atoms with Crippen LogP contribution in [0.5, 0.6) is 5.75 Å². The summed E-state index contributed by atoms with van der Waals surface area (Å²) in [5, 5.41) is 32.7. The van der Waals surface area contributed by atoms with Crippen LogP contribution in [0.3, 0.4) is 0 Å². The Labute approximate surface area is 196 Å². The van der Waals surface area contributed by atoms with E-state index in [4.69, 9.17) is 9.47 Å². The summed E-state index contributed by atoms with van der Waals surface area (Å²) in [4.78, 5) is 23.7. The molecule has 0 radical (unpaired) electrons. The Bertz CT molecular complexity index is 1160. The first-order valence-electron chi connectivity index (χ1n) is 10.8. The number of amides is 1. The van der Waals surface area contributed by atoms with Crippen LogP contribution in [-0.2, 0) is 4.74 Å². The number of para-hydroxylation sites is 1. The SMILES string of the molecule is COc1c(C(=O)O)cccc1C(O)C(O)CNC(=O)OCC1c2ccccc2-c2ccccc21. The lowest BCUT2D eigenvalue weighted by Crippen LogP contribution is -2.36. The van der Waals surface area contributed by atoms with Crippen LogP contribution >= 0.6 is 0 Å². The number of hydrogen-bond donors (Lipinski definition) is 4. The monoisotopic (exact) mass is 463 g/mol. The third-order valence-electron chi connectivity index (χ3n) is 5.96. The number of rotatable bonds is 8. The number of fused-ring (bicyclic) bond motifs is 3. The highest BCUT2D eigenvalue weighted by Gasteiger charge is 2.29. The highest BCUT2D eigenvalue weighted by atomic mass is 16.5. The summed E-state index contributed by atoms with van der Waals surface area (Å²) >= 11 is 0. The number of carbonyl (C=O) groups excluding carboxylic acids is 1. The molecule has 0 spiro atoms. The van der Waals surface area contributed by atoms with Gasteiger partial charge in [0.2, 0.25) is 0 Å². The van der Waals surface area contributed by atoms with Gasteiger partial charge in [-0.3, -0.25) is 0 Å². The van der Waals surface area contributed by atoms with Gasteiger partial charge in [-0.15, -0.1) is 0 Å². The lowest BCUT2D eigenvalue weighted by atomic mass is 9.98. The van der Waals surface area contributed by atoms with Gasteiger partial charge >= 0.3 is 12.1 Å². The molecule has 1 amide bonds. The fraction of sp³-hybridized carbons (Fsp3) is 0.231. The molecule has 4 rings (SSSR count). The van der Waals surface area contributed by atoms with Crippen molar-refractivity contribution in [2.24, 2.45) is 0 Å². The second-order valence-electron chi connectivity index (χ2n) is 7.95. The van der Waals surface area contributed by atoms with Crippen LogP contribution in [0.25, 0.3) is 11.1 Å². The van der Waals surface area contributed by atoms with E-state index in [0.717, 1.165) is 22.3 Å². The van der Waals surface area contributed by atoms with Gasteiger partial charge in [0.05, 0.1) is 7.11 Å². The molecule has 0 aliphatic heterocycles. The van der Waals surface area contributed by atoms with E-state index < -0.39 is 24.3 Å². The fourth-order valence-electron chi connectivity index (χ4n) is 4.34. The molecule has 0 saturated carbocycles. The topological polar surface area (TPSA) is 125 Å². The average molecular weight is 463 g/mol. The highest BCUT2D eigenvalue weighted by molar-refractivity contribution is 5.91. The molecule has 8 nitrogen and oxygen atoms in total. The van der Waals surface area contributed by atoms with Crippen molar-refractivity contribution in [3.8, 4) is 16.9 Å². The molecule has 1 aliphatic carbocycles. The van der Waals surface area contributed by atoms with Crippen molar-refractivity contribution in [3.63, 3.8) is 0 Å². The number of aromatic carboxylic acids is 1. The van der Waals surface area contributed by atoms with E-state index in [9.17, 15) is 24.9 Å². The number of hydrogen-bond acceptors (Lipinski definition) is 6. The first-order valence-corrected chi connectivity index (χ1v) is 10.8. The average Bonchev–Trinajstić information content (AvgIpc) is 3.18. The van der Waals surface area contributed by atoms with E-state index in [1.807, 2.05) is 48.5 Å². The Hall–Kier alpha value is -3.88. The summed E-state index contributed by atoms with van der Waals surface area (Å²) in [7, 11) is 1.28. The molecule has 1 aliphatic rings. The van der Waals surface area contributed by atoms with Crippen LogP contribution in [0, 0.1) is 0 Å². The Balaban J connectivity index is 1.37. The zero-order chi connectivity index (χ0) is 24.2. The fourth-order valence-corrected chi connectivity index (χ4v) is 4.34.